The van der Waals surface area contributed by atoms with Gasteiger partial charge in [0.05, 0.1) is 48.2 Å². The Kier molecular flexibility index (Phi) is 16.9. The average Bonchev–Trinajstić information content (AvgIpc) is 3.55. The third-order valence-corrected chi connectivity index (χ3v) is 11.5. The fraction of sp³-hybridized carbons (Fsp3) is 0.447. The molecule has 1 atom stereocenters. The molecule has 69 heavy (non-hydrogen) atoms. The van der Waals surface area contributed by atoms with Gasteiger partial charge in [0.15, 0.2) is 5.82 Å². The van der Waals surface area contributed by atoms with E-state index < -0.39 is 69.9 Å². The maximum Gasteiger partial charge on any atom is 0.410 e. The number of imide groups is 2. The van der Waals surface area contributed by atoms with Crippen molar-refractivity contribution in [2.45, 2.75) is 58.6 Å². The molecule has 3 aliphatic rings. The normalized spacial score (nSPS) is 16.9. The van der Waals surface area contributed by atoms with Gasteiger partial charge in [0, 0.05) is 82.3 Å². The molecule has 0 aliphatic carbocycles. The van der Waals surface area contributed by atoms with E-state index in [0.717, 1.165) is 17.9 Å². The Balaban J connectivity index is 0.993. The van der Waals surface area contributed by atoms with Crippen LogP contribution in [-0.4, -0.2) is 156 Å². The lowest BCUT2D eigenvalue weighted by Crippen LogP contribution is -2.54. The first-order valence-corrected chi connectivity index (χ1v) is 22.7. The van der Waals surface area contributed by atoms with Crippen molar-refractivity contribution in [3.05, 3.63) is 82.1 Å². The molecule has 6 amide bonds. The van der Waals surface area contributed by atoms with E-state index in [-0.39, 0.29) is 130 Å². The summed E-state index contributed by atoms with van der Waals surface area (Å²) in [4.78, 5) is 91.2. The molecule has 370 valence electrons. The third-order valence-electron chi connectivity index (χ3n) is 11.2. The molecule has 4 heterocycles. The highest BCUT2D eigenvalue weighted by molar-refractivity contribution is 6.33. The van der Waals surface area contributed by atoms with E-state index in [1.807, 2.05) is 4.90 Å². The Morgan fingerprint density at radius 1 is 1.03 bits per heavy atom. The summed E-state index contributed by atoms with van der Waals surface area (Å²) >= 11 is 6.61. The van der Waals surface area contributed by atoms with Crippen LogP contribution in [-0.2, 0) is 28.6 Å². The van der Waals surface area contributed by atoms with Gasteiger partial charge in [-0.15, -0.1) is 0 Å². The van der Waals surface area contributed by atoms with Gasteiger partial charge < -0.3 is 44.7 Å². The number of piperidine rings is 1. The lowest BCUT2D eigenvalue weighted by molar-refractivity contribution is -0.136. The third kappa shape index (κ3) is 12.3. The van der Waals surface area contributed by atoms with E-state index >= 15 is 4.39 Å². The quantitative estimate of drug-likeness (QED) is 0.0496. The van der Waals surface area contributed by atoms with E-state index in [9.17, 15) is 38.3 Å². The van der Waals surface area contributed by atoms with Gasteiger partial charge in [0.2, 0.25) is 23.7 Å². The van der Waals surface area contributed by atoms with Crippen LogP contribution in [0, 0.1) is 5.82 Å². The van der Waals surface area contributed by atoms with Crippen molar-refractivity contribution < 1.29 is 56.9 Å². The van der Waals surface area contributed by atoms with Crippen LogP contribution in [0.1, 0.15) is 73.2 Å². The van der Waals surface area contributed by atoms with Crippen LogP contribution >= 0.6 is 11.6 Å². The maximum absolute atomic E-state index is 16.6. The minimum Gasteiger partial charge on any atom is -0.507 e. The van der Waals surface area contributed by atoms with Crippen LogP contribution in [0.5, 0.6) is 0 Å². The SMILES string of the molecule is C=C/C=C(O)\C(=C(/C)F)c1c(Cl)cc2c(N3CCN(C(=O)OC(C)(C)C)CC3)nc(NCCC(=O)N(C)CCOCCOCCNc3cccc4c3C(=O)N(C3CCC(=O)NC3=O)C4=O)nc2c1F. The Bertz CT molecular complexity index is 2570. The topological polar surface area (TPSA) is 225 Å². The molecule has 6 rings (SSSR count). The van der Waals surface area contributed by atoms with Gasteiger partial charge in [-0.05, 0) is 58.4 Å². The van der Waals surface area contributed by atoms with Crippen LogP contribution < -0.4 is 20.9 Å². The van der Waals surface area contributed by atoms with Crippen molar-refractivity contribution in [2.75, 3.05) is 94.8 Å². The Hall–Kier alpha value is -6.71. The molecule has 4 N–H and O–H groups in total. The predicted octanol–water partition coefficient (Wildman–Crippen LogP) is 5.61. The molecule has 0 bridgehead atoms. The number of amides is 6. The number of hydrogen-bond acceptors (Lipinski definition) is 15. The standard InChI is InChI=1S/C47H56ClF2N9O10/c1-7-9-33(60)36(27(2)49)38-30(48)26-29-40(39(38)50)54-45(55-41(29)57-17-19-58(20-18-57)46(66)69-47(3,4)5)52-15-14-35(62)56(6)21-23-68-25-24-67-22-16-51-31-11-8-10-28-37(31)44(65)59(43(28)64)32-12-13-34(61)53-42(32)63/h7-11,26,32,51,60H,1,12-25H2,2-6H3,(H,52,54,55)(H,53,61,63)/b33-9+,36-27-. The van der Waals surface area contributed by atoms with Gasteiger partial charge in [-0.25, -0.2) is 18.6 Å². The molecule has 0 spiro atoms. The first-order chi connectivity index (χ1) is 32.8. The van der Waals surface area contributed by atoms with E-state index in [1.54, 1.807) is 44.9 Å². The number of hydrogen-bond donors (Lipinski definition) is 4. The number of aromatic nitrogens is 2. The van der Waals surface area contributed by atoms with Gasteiger partial charge in [-0.2, -0.15) is 4.98 Å². The first-order valence-electron chi connectivity index (χ1n) is 22.3. The van der Waals surface area contributed by atoms with Crippen molar-refractivity contribution in [3.8, 4) is 0 Å². The van der Waals surface area contributed by atoms with Crippen LogP contribution in [0.3, 0.4) is 0 Å². The molecule has 2 saturated heterocycles. The van der Waals surface area contributed by atoms with Gasteiger partial charge in [0.25, 0.3) is 11.8 Å². The van der Waals surface area contributed by atoms with Gasteiger partial charge in [0.1, 0.15) is 34.6 Å². The van der Waals surface area contributed by atoms with Crippen LogP contribution in [0.2, 0.25) is 5.02 Å². The van der Waals surface area contributed by atoms with Crippen molar-refractivity contribution >= 4 is 81.2 Å². The molecule has 19 nitrogen and oxygen atoms in total. The monoisotopic (exact) mass is 979 g/mol. The fourth-order valence-corrected chi connectivity index (χ4v) is 8.16. The molecule has 0 radical (unpaired) electrons. The Morgan fingerprint density at radius 2 is 1.74 bits per heavy atom. The van der Waals surface area contributed by atoms with Crippen molar-refractivity contribution in [3.63, 3.8) is 0 Å². The van der Waals surface area contributed by atoms with Crippen LogP contribution in [0.25, 0.3) is 16.5 Å². The number of rotatable bonds is 19. The second-order valence-corrected chi connectivity index (χ2v) is 17.7. The zero-order chi connectivity index (χ0) is 50.2. The summed E-state index contributed by atoms with van der Waals surface area (Å²) in [5.41, 5.74) is -1.09. The summed E-state index contributed by atoms with van der Waals surface area (Å²) in [6, 6.07) is 5.12. The molecule has 1 unspecified atom stereocenters. The van der Waals surface area contributed by atoms with Crippen molar-refractivity contribution in [1.82, 2.24) is 30.0 Å². The summed E-state index contributed by atoms with van der Waals surface area (Å²) < 4.78 is 48.4. The number of carbonyl (C=O) groups excluding carboxylic acids is 6. The number of benzene rings is 2. The number of fused-ring (bicyclic) bond motifs is 2. The number of ether oxygens (including phenoxy) is 3. The number of likely N-dealkylation sites (N-methyl/N-ethyl adjacent to an activating group) is 1. The summed E-state index contributed by atoms with van der Waals surface area (Å²) in [6.45, 7) is 12.5. The molecule has 2 aromatic carbocycles. The van der Waals surface area contributed by atoms with Crippen molar-refractivity contribution in [1.29, 1.82) is 0 Å². The van der Waals surface area contributed by atoms with E-state index in [0.29, 0.717) is 12.2 Å². The Morgan fingerprint density at radius 3 is 2.41 bits per heavy atom. The average molecular weight is 980 g/mol. The van der Waals surface area contributed by atoms with E-state index in [2.05, 4.69) is 32.5 Å². The highest BCUT2D eigenvalue weighted by atomic mass is 35.5. The molecule has 3 aromatic rings. The first kappa shape index (κ1) is 51.7. The van der Waals surface area contributed by atoms with E-state index in [1.165, 1.54) is 23.1 Å². The second-order valence-electron chi connectivity index (χ2n) is 17.3. The molecular weight excluding hydrogens is 924 g/mol. The highest BCUT2D eigenvalue weighted by Crippen LogP contribution is 2.40. The molecule has 22 heteroatoms. The smallest absolute Gasteiger partial charge is 0.410 e. The molecule has 0 saturated carbocycles. The summed E-state index contributed by atoms with van der Waals surface area (Å²) in [5.74, 6) is -4.86. The summed E-state index contributed by atoms with van der Waals surface area (Å²) in [6.07, 6.45) is 1.93. The van der Waals surface area contributed by atoms with Gasteiger partial charge in [-0.1, -0.05) is 30.3 Å². The predicted molar refractivity (Wildman–Crippen MR) is 253 cm³/mol. The van der Waals surface area contributed by atoms with Gasteiger partial charge in [-0.3, -0.25) is 34.2 Å². The van der Waals surface area contributed by atoms with E-state index in [4.69, 9.17) is 25.8 Å². The number of anilines is 3. The fourth-order valence-electron chi connectivity index (χ4n) is 7.87. The molecule has 2 fully saturated rings. The number of nitrogens with zero attached hydrogens (tertiary/aromatic N) is 6. The maximum atomic E-state index is 16.6. The minimum absolute atomic E-state index is 0.000259. The van der Waals surface area contributed by atoms with Crippen LogP contribution in [0.15, 0.2) is 54.6 Å². The molecular formula is C47H56ClF2N9O10. The summed E-state index contributed by atoms with van der Waals surface area (Å²) in [7, 11) is 1.62. The number of aliphatic hydroxyl groups excluding tert-OH is 1. The lowest BCUT2D eigenvalue weighted by Gasteiger charge is -2.36. The molecule has 3 aliphatic heterocycles. The largest absolute Gasteiger partial charge is 0.507 e. The van der Waals surface area contributed by atoms with Crippen LogP contribution in [0.4, 0.5) is 31.0 Å². The number of nitrogens with one attached hydrogen (secondary N) is 3. The minimum atomic E-state index is -1.07. The Labute approximate surface area is 402 Å². The zero-order valence-electron chi connectivity index (χ0n) is 39.1. The number of allylic oxidation sites excluding steroid dienone is 4. The number of piperazine rings is 1. The molecule has 1 aromatic heterocycles. The lowest BCUT2D eigenvalue weighted by atomic mass is 9.99. The van der Waals surface area contributed by atoms with Gasteiger partial charge >= 0.3 is 6.09 Å². The van der Waals surface area contributed by atoms with Crippen molar-refractivity contribution in [2.24, 2.45) is 0 Å². The highest BCUT2D eigenvalue weighted by Gasteiger charge is 2.45. The summed E-state index contributed by atoms with van der Waals surface area (Å²) in [5, 5.41) is 18.9. The number of aliphatic hydroxyl groups is 1. The number of halogens is 3. The number of carbonyl (C=O) groups is 6. The zero-order valence-corrected chi connectivity index (χ0v) is 39.8. The second kappa shape index (κ2) is 22.6.